The number of amides is 1. The van der Waals surface area contributed by atoms with Gasteiger partial charge in [-0.1, -0.05) is 66.7 Å². The highest BCUT2D eigenvalue weighted by molar-refractivity contribution is 7.92. The van der Waals surface area contributed by atoms with E-state index >= 15 is 0 Å². The molecule has 0 aliphatic heterocycles. The van der Waals surface area contributed by atoms with Gasteiger partial charge in [-0.3, -0.25) is 9.52 Å². The molecule has 0 aromatic heterocycles. The summed E-state index contributed by atoms with van der Waals surface area (Å²) in [5.41, 5.74) is 2.14. The summed E-state index contributed by atoms with van der Waals surface area (Å²) < 4.78 is 28.7. The Morgan fingerprint density at radius 3 is 2.32 bits per heavy atom. The third kappa shape index (κ3) is 5.32. The Balaban J connectivity index is 1.53. The highest BCUT2D eigenvalue weighted by Crippen LogP contribution is 2.24. The first-order valence-electron chi connectivity index (χ1n) is 10.8. The normalized spacial score (nSPS) is 12.1. The Morgan fingerprint density at radius 2 is 1.59 bits per heavy atom. The molecule has 0 unspecified atom stereocenters. The van der Waals surface area contributed by atoms with Crippen molar-refractivity contribution in [3.8, 4) is 0 Å². The molecule has 0 bridgehead atoms. The van der Waals surface area contributed by atoms with Crippen LogP contribution in [0.4, 0.5) is 5.69 Å². The van der Waals surface area contributed by atoms with Gasteiger partial charge in [0.05, 0.1) is 16.6 Å². The third-order valence-corrected chi connectivity index (χ3v) is 6.92. The van der Waals surface area contributed by atoms with E-state index in [1.165, 1.54) is 6.07 Å². The molecule has 6 nitrogen and oxygen atoms in total. The van der Waals surface area contributed by atoms with Crippen molar-refractivity contribution < 1.29 is 18.0 Å². The van der Waals surface area contributed by atoms with Gasteiger partial charge < -0.3 is 10.1 Å². The summed E-state index contributed by atoms with van der Waals surface area (Å²) in [6.45, 7) is 1.75. The number of hydrogen-bond acceptors (Lipinski definition) is 4. The van der Waals surface area contributed by atoms with Crippen molar-refractivity contribution in [2.75, 3.05) is 4.72 Å². The van der Waals surface area contributed by atoms with Gasteiger partial charge in [0.1, 0.15) is 6.29 Å². The van der Waals surface area contributed by atoms with Crippen LogP contribution in [0.15, 0.2) is 95.9 Å². The lowest BCUT2D eigenvalue weighted by atomic mass is 10.1. The number of carbonyl (C=O) groups excluding carboxylic acids is 2. The van der Waals surface area contributed by atoms with Gasteiger partial charge in [-0.15, -0.1) is 0 Å². The number of carbonyl (C=O) groups is 2. The second-order valence-electron chi connectivity index (χ2n) is 8.05. The second kappa shape index (κ2) is 9.89. The zero-order chi connectivity index (χ0) is 24.1. The topological polar surface area (TPSA) is 92.3 Å². The fourth-order valence-electron chi connectivity index (χ4n) is 3.66. The van der Waals surface area contributed by atoms with E-state index in [4.69, 9.17) is 0 Å². The predicted octanol–water partition coefficient (Wildman–Crippen LogP) is 4.49. The van der Waals surface area contributed by atoms with Crippen molar-refractivity contribution in [2.45, 2.75) is 24.3 Å². The number of rotatable bonds is 8. The first kappa shape index (κ1) is 23.2. The Bertz CT molecular complexity index is 1450. The van der Waals surface area contributed by atoms with E-state index in [1.807, 2.05) is 54.6 Å². The summed E-state index contributed by atoms with van der Waals surface area (Å²) in [4.78, 5) is 24.5. The zero-order valence-corrected chi connectivity index (χ0v) is 19.4. The number of benzene rings is 4. The number of fused-ring (bicyclic) bond motifs is 1. The quantitative estimate of drug-likeness (QED) is 0.370. The van der Waals surface area contributed by atoms with Crippen molar-refractivity contribution in [2.24, 2.45) is 0 Å². The molecule has 0 fully saturated rings. The number of hydrogen-bond donors (Lipinski definition) is 2. The summed E-state index contributed by atoms with van der Waals surface area (Å²) in [5, 5.41) is 4.46. The molecule has 2 N–H and O–H groups in total. The van der Waals surface area contributed by atoms with Crippen LogP contribution in [0.1, 0.15) is 21.5 Å². The maximum atomic E-state index is 13.0. The maximum absolute atomic E-state index is 13.0. The molecule has 172 valence electrons. The van der Waals surface area contributed by atoms with Crippen LogP contribution >= 0.6 is 0 Å². The van der Waals surface area contributed by atoms with Gasteiger partial charge in [-0.25, -0.2) is 8.42 Å². The summed E-state index contributed by atoms with van der Waals surface area (Å²) in [7, 11) is -3.88. The minimum Gasteiger partial charge on any atom is -0.342 e. The molecular weight excluding hydrogens is 448 g/mol. The molecule has 34 heavy (non-hydrogen) atoms. The average Bonchev–Trinajstić information content (AvgIpc) is 2.85. The molecule has 0 radical (unpaired) electrons. The van der Waals surface area contributed by atoms with Crippen molar-refractivity contribution in [1.82, 2.24) is 5.32 Å². The lowest BCUT2D eigenvalue weighted by molar-refractivity contribution is -0.109. The molecule has 0 heterocycles. The first-order valence-corrected chi connectivity index (χ1v) is 12.3. The van der Waals surface area contributed by atoms with Crippen LogP contribution in [0.2, 0.25) is 0 Å². The Morgan fingerprint density at radius 1 is 0.882 bits per heavy atom. The SMILES string of the molecule is Cc1ccc(C(=O)N[C@H](C=O)Cc2ccccc2)cc1NS(=O)(=O)c1ccc2ccccc2c1. The minimum absolute atomic E-state index is 0.129. The molecule has 1 atom stereocenters. The largest absolute Gasteiger partial charge is 0.342 e. The molecule has 4 rings (SSSR count). The number of aldehydes is 1. The van der Waals surface area contributed by atoms with Gasteiger partial charge in [-0.05, 0) is 59.5 Å². The van der Waals surface area contributed by atoms with Gasteiger partial charge in [0.25, 0.3) is 15.9 Å². The molecule has 0 saturated carbocycles. The minimum atomic E-state index is -3.88. The summed E-state index contributed by atoms with van der Waals surface area (Å²) in [6.07, 6.45) is 1.06. The fraction of sp³-hybridized carbons (Fsp3) is 0.111. The highest BCUT2D eigenvalue weighted by Gasteiger charge is 2.19. The number of anilines is 1. The number of nitrogens with one attached hydrogen (secondary N) is 2. The van der Waals surface area contributed by atoms with Crippen LogP contribution in [0.5, 0.6) is 0 Å². The molecule has 4 aromatic rings. The van der Waals surface area contributed by atoms with Gasteiger partial charge in [-0.2, -0.15) is 0 Å². The van der Waals surface area contributed by atoms with E-state index < -0.39 is 22.0 Å². The molecule has 0 saturated heterocycles. The van der Waals surface area contributed by atoms with E-state index in [-0.39, 0.29) is 10.5 Å². The number of aryl methyl sites for hydroxylation is 1. The van der Waals surface area contributed by atoms with Gasteiger partial charge in [0.15, 0.2) is 0 Å². The van der Waals surface area contributed by atoms with E-state index in [0.29, 0.717) is 24.0 Å². The molecular formula is C27H24N2O4S. The van der Waals surface area contributed by atoms with Crippen LogP contribution in [0.25, 0.3) is 10.8 Å². The summed E-state index contributed by atoms with van der Waals surface area (Å²) >= 11 is 0. The monoisotopic (exact) mass is 472 g/mol. The van der Waals surface area contributed by atoms with Crippen LogP contribution in [-0.4, -0.2) is 26.7 Å². The zero-order valence-electron chi connectivity index (χ0n) is 18.6. The lowest BCUT2D eigenvalue weighted by Crippen LogP contribution is -2.37. The third-order valence-electron chi connectivity index (χ3n) is 5.55. The Labute approximate surface area is 198 Å². The molecule has 7 heteroatoms. The van der Waals surface area contributed by atoms with Gasteiger partial charge in [0, 0.05) is 5.56 Å². The first-order chi connectivity index (χ1) is 16.4. The standard InChI is InChI=1S/C27H24N2O4S/c1-19-11-12-23(27(31)28-24(18-30)15-20-7-3-2-4-8-20)17-26(19)29-34(32,33)25-14-13-21-9-5-6-10-22(21)16-25/h2-14,16-18,24,29H,15H2,1H3,(H,28,31)/t24-/m0/s1. The van der Waals surface area contributed by atoms with Crippen LogP contribution in [0, 0.1) is 6.92 Å². The molecule has 1 amide bonds. The van der Waals surface area contributed by atoms with Gasteiger partial charge >= 0.3 is 0 Å². The van der Waals surface area contributed by atoms with E-state index in [0.717, 1.165) is 16.3 Å². The molecule has 0 aliphatic carbocycles. The molecule has 4 aromatic carbocycles. The van der Waals surface area contributed by atoms with E-state index in [2.05, 4.69) is 10.0 Å². The van der Waals surface area contributed by atoms with Crippen molar-refractivity contribution in [3.63, 3.8) is 0 Å². The predicted molar refractivity (Wildman–Crippen MR) is 133 cm³/mol. The molecule has 0 spiro atoms. The summed E-state index contributed by atoms with van der Waals surface area (Å²) in [6, 6.07) is 25.9. The highest BCUT2D eigenvalue weighted by atomic mass is 32.2. The maximum Gasteiger partial charge on any atom is 0.261 e. The van der Waals surface area contributed by atoms with Crippen LogP contribution in [-0.2, 0) is 21.2 Å². The average molecular weight is 473 g/mol. The van der Waals surface area contributed by atoms with E-state index in [1.54, 1.807) is 37.3 Å². The fourth-order valence-corrected chi connectivity index (χ4v) is 4.82. The van der Waals surface area contributed by atoms with Crippen molar-refractivity contribution in [1.29, 1.82) is 0 Å². The Kier molecular flexibility index (Phi) is 6.75. The van der Waals surface area contributed by atoms with Crippen molar-refractivity contribution in [3.05, 3.63) is 108 Å². The van der Waals surface area contributed by atoms with E-state index in [9.17, 15) is 18.0 Å². The van der Waals surface area contributed by atoms with Crippen LogP contribution < -0.4 is 10.0 Å². The van der Waals surface area contributed by atoms with Gasteiger partial charge in [0.2, 0.25) is 0 Å². The van der Waals surface area contributed by atoms with Crippen LogP contribution in [0.3, 0.4) is 0 Å². The smallest absolute Gasteiger partial charge is 0.261 e. The lowest BCUT2D eigenvalue weighted by Gasteiger charge is -2.15. The molecule has 0 aliphatic rings. The second-order valence-corrected chi connectivity index (χ2v) is 9.73. The van der Waals surface area contributed by atoms with Crippen molar-refractivity contribution >= 4 is 38.7 Å². The summed E-state index contributed by atoms with van der Waals surface area (Å²) in [5.74, 6) is -0.459. The number of sulfonamides is 1. The Hall–Kier alpha value is -3.97.